The number of carbonyl (C=O) groups excluding carboxylic acids is 1. The second-order valence-corrected chi connectivity index (χ2v) is 7.98. The molecule has 160 valence electrons. The molecule has 1 N–H and O–H groups in total. The van der Waals surface area contributed by atoms with Crippen molar-refractivity contribution >= 4 is 23.3 Å². The standard InChI is InChI=1S/C24H26N4O2S/c1-17-9-3-4-11-19(17)27-15-7-12-20(27)23-22(18-10-5-6-14-25-18)26-24(31)28(23)16-8-13-21(29)30-2/h3-7,9-12,14-15,22-23H,8,13,16H2,1-2H3,(H,26,31). The minimum absolute atomic E-state index is 0.0605. The molecule has 0 radical (unpaired) electrons. The SMILES string of the molecule is COC(=O)CCCN1C(=S)NC(c2ccccn2)C1c1cccn1-c1ccccc1C. The minimum atomic E-state index is -0.209. The van der Waals surface area contributed by atoms with Crippen LogP contribution < -0.4 is 5.32 Å². The number of ether oxygens (including phenoxy) is 1. The first-order chi connectivity index (χ1) is 15.1. The lowest BCUT2D eigenvalue weighted by molar-refractivity contribution is -0.140. The van der Waals surface area contributed by atoms with E-state index in [0.717, 1.165) is 17.1 Å². The van der Waals surface area contributed by atoms with E-state index < -0.39 is 0 Å². The van der Waals surface area contributed by atoms with Crippen LogP contribution in [0.25, 0.3) is 5.69 Å². The number of hydrogen-bond donors (Lipinski definition) is 1. The molecule has 0 bridgehead atoms. The van der Waals surface area contributed by atoms with Gasteiger partial charge in [-0.25, -0.2) is 0 Å². The van der Waals surface area contributed by atoms with Crippen molar-refractivity contribution in [2.45, 2.75) is 31.8 Å². The van der Waals surface area contributed by atoms with Gasteiger partial charge in [0.25, 0.3) is 0 Å². The van der Waals surface area contributed by atoms with E-state index in [1.54, 1.807) is 6.20 Å². The highest BCUT2D eigenvalue weighted by Gasteiger charge is 2.41. The van der Waals surface area contributed by atoms with Crippen LogP contribution in [0.1, 0.15) is 41.9 Å². The molecule has 0 spiro atoms. The number of rotatable bonds is 7. The number of aromatic nitrogens is 2. The molecule has 0 amide bonds. The van der Waals surface area contributed by atoms with Crippen LogP contribution in [0.2, 0.25) is 0 Å². The van der Waals surface area contributed by atoms with Gasteiger partial charge in [-0.1, -0.05) is 24.3 Å². The van der Waals surface area contributed by atoms with Crippen LogP contribution >= 0.6 is 12.2 Å². The van der Waals surface area contributed by atoms with Gasteiger partial charge in [0.2, 0.25) is 0 Å². The molecule has 7 heteroatoms. The number of carbonyl (C=O) groups is 1. The normalized spacial score (nSPS) is 18.1. The Morgan fingerprint density at radius 2 is 1.97 bits per heavy atom. The number of esters is 1. The van der Waals surface area contributed by atoms with Gasteiger partial charge < -0.3 is 19.5 Å². The van der Waals surface area contributed by atoms with Gasteiger partial charge in [-0.05, 0) is 61.5 Å². The Hall–Kier alpha value is -3.19. The van der Waals surface area contributed by atoms with Gasteiger partial charge in [-0.3, -0.25) is 9.78 Å². The number of benzene rings is 1. The number of methoxy groups -OCH3 is 1. The van der Waals surface area contributed by atoms with Gasteiger partial charge in [0.15, 0.2) is 5.11 Å². The van der Waals surface area contributed by atoms with Gasteiger partial charge in [0.1, 0.15) is 0 Å². The second kappa shape index (κ2) is 9.31. The van der Waals surface area contributed by atoms with Crippen molar-refractivity contribution in [2.75, 3.05) is 13.7 Å². The Kier molecular flexibility index (Phi) is 6.32. The summed E-state index contributed by atoms with van der Waals surface area (Å²) in [5.74, 6) is -0.209. The summed E-state index contributed by atoms with van der Waals surface area (Å²) in [4.78, 5) is 18.4. The van der Waals surface area contributed by atoms with E-state index in [-0.39, 0.29) is 18.1 Å². The molecular weight excluding hydrogens is 408 g/mol. The van der Waals surface area contributed by atoms with Crippen LogP contribution in [0.5, 0.6) is 0 Å². The Morgan fingerprint density at radius 1 is 1.16 bits per heavy atom. The predicted octanol–water partition coefficient (Wildman–Crippen LogP) is 4.11. The smallest absolute Gasteiger partial charge is 0.305 e. The van der Waals surface area contributed by atoms with E-state index >= 15 is 0 Å². The molecule has 1 aliphatic rings. The molecule has 3 heterocycles. The van der Waals surface area contributed by atoms with Crippen LogP contribution in [0.3, 0.4) is 0 Å². The Labute approximate surface area is 187 Å². The lowest BCUT2D eigenvalue weighted by Gasteiger charge is -2.29. The quantitative estimate of drug-likeness (QED) is 0.446. The summed E-state index contributed by atoms with van der Waals surface area (Å²) < 4.78 is 7.02. The third kappa shape index (κ3) is 4.32. The number of nitrogens with one attached hydrogen (secondary N) is 1. The maximum atomic E-state index is 11.6. The zero-order valence-corrected chi connectivity index (χ0v) is 18.5. The Bertz CT molecular complexity index is 1070. The van der Waals surface area contributed by atoms with Crippen LogP contribution in [0.4, 0.5) is 0 Å². The predicted molar refractivity (Wildman–Crippen MR) is 124 cm³/mol. The van der Waals surface area contributed by atoms with Crippen LogP contribution in [0, 0.1) is 6.92 Å². The molecule has 1 fully saturated rings. The third-order valence-corrected chi connectivity index (χ3v) is 6.02. The first-order valence-corrected chi connectivity index (χ1v) is 10.8. The average molecular weight is 435 g/mol. The number of nitrogens with zero attached hydrogens (tertiary/aromatic N) is 3. The summed E-state index contributed by atoms with van der Waals surface area (Å²) in [6.45, 7) is 2.76. The fraction of sp³-hybridized carbons (Fsp3) is 0.292. The van der Waals surface area contributed by atoms with Crippen LogP contribution in [-0.2, 0) is 9.53 Å². The molecule has 0 saturated carbocycles. The number of pyridine rings is 1. The summed E-state index contributed by atoms with van der Waals surface area (Å²) in [6.07, 6.45) is 4.90. The topological polar surface area (TPSA) is 59.4 Å². The fourth-order valence-electron chi connectivity index (χ4n) is 4.15. The number of hydrogen-bond acceptors (Lipinski definition) is 4. The van der Waals surface area contributed by atoms with Crippen molar-refractivity contribution in [3.63, 3.8) is 0 Å². The molecule has 2 aromatic heterocycles. The molecule has 2 atom stereocenters. The summed E-state index contributed by atoms with van der Waals surface area (Å²) in [6, 6.07) is 18.3. The minimum Gasteiger partial charge on any atom is -0.469 e. The van der Waals surface area contributed by atoms with E-state index in [9.17, 15) is 4.79 Å². The highest BCUT2D eigenvalue weighted by atomic mass is 32.1. The van der Waals surface area contributed by atoms with Gasteiger partial charge in [0, 0.05) is 36.7 Å². The zero-order valence-electron chi connectivity index (χ0n) is 17.7. The maximum Gasteiger partial charge on any atom is 0.305 e. The first kappa shape index (κ1) is 21.1. The van der Waals surface area contributed by atoms with E-state index in [0.29, 0.717) is 24.5 Å². The van der Waals surface area contributed by atoms with Crippen molar-refractivity contribution < 1.29 is 9.53 Å². The van der Waals surface area contributed by atoms with E-state index in [4.69, 9.17) is 17.0 Å². The molecule has 2 unspecified atom stereocenters. The number of para-hydroxylation sites is 1. The third-order valence-electron chi connectivity index (χ3n) is 5.66. The summed E-state index contributed by atoms with van der Waals surface area (Å²) >= 11 is 5.72. The lowest BCUT2D eigenvalue weighted by Crippen LogP contribution is -2.31. The average Bonchev–Trinajstić information content (AvgIpc) is 3.39. The highest BCUT2D eigenvalue weighted by Crippen LogP contribution is 2.39. The van der Waals surface area contributed by atoms with Crippen molar-refractivity contribution in [3.8, 4) is 5.69 Å². The molecule has 6 nitrogen and oxygen atoms in total. The molecule has 4 rings (SSSR count). The van der Waals surface area contributed by atoms with Crippen molar-refractivity contribution in [3.05, 3.63) is 83.9 Å². The second-order valence-electron chi connectivity index (χ2n) is 7.59. The van der Waals surface area contributed by atoms with Crippen LogP contribution in [-0.4, -0.2) is 39.2 Å². The number of thiocarbonyl (C=S) groups is 1. The Morgan fingerprint density at radius 3 is 2.71 bits per heavy atom. The van der Waals surface area contributed by atoms with Gasteiger partial charge in [-0.15, -0.1) is 0 Å². The first-order valence-electron chi connectivity index (χ1n) is 10.4. The van der Waals surface area contributed by atoms with Gasteiger partial charge in [0.05, 0.1) is 24.9 Å². The molecule has 3 aromatic rings. The zero-order chi connectivity index (χ0) is 21.8. The largest absolute Gasteiger partial charge is 0.469 e. The summed E-state index contributed by atoms with van der Waals surface area (Å²) in [7, 11) is 1.42. The maximum absolute atomic E-state index is 11.6. The van der Waals surface area contributed by atoms with Crippen LogP contribution in [0.15, 0.2) is 67.0 Å². The molecule has 1 aromatic carbocycles. The molecule has 0 aliphatic carbocycles. The Balaban J connectivity index is 1.73. The summed E-state index contributed by atoms with van der Waals surface area (Å²) in [5.41, 5.74) is 4.38. The van der Waals surface area contributed by atoms with Crippen molar-refractivity contribution in [1.82, 2.24) is 19.8 Å². The van der Waals surface area contributed by atoms with Gasteiger partial charge >= 0.3 is 5.97 Å². The van der Waals surface area contributed by atoms with E-state index in [1.807, 2.05) is 30.3 Å². The molecule has 1 aliphatic heterocycles. The fourth-order valence-corrected chi connectivity index (χ4v) is 4.48. The molecular formula is C24H26N4O2S. The molecule has 1 saturated heterocycles. The van der Waals surface area contributed by atoms with Gasteiger partial charge in [-0.2, -0.15) is 0 Å². The number of aryl methyl sites for hydroxylation is 1. The van der Waals surface area contributed by atoms with E-state index in [1.165, 1.54) is 12.7 Å². The van der Waals surface area contributed by atoms with Crippen molar-refractivity contribution in [2.24, 2.45) is 0 Å². The summed E-state index contributed by atoms with van der Waals surface area (Å²) in [5, 5.41) is 4.14. The lowest BCUT2D eigenvalue weighted by atomic mass is 10.0. The van der Waals surface area contributed by atoms with Crippen molar-refractivity contribution in [1.29, 1.82) is 0 Å². The monoisotopic (exact) mass is 434 g/mol. The highest BCUT2D eigenvalue weighted by molar-refractivity contribution is 7.80. The molecule has 31 heavy (non-hydrogen) atoms. The van der Waals surface area contributed by atoms with E-state index in [2.05, 4.69) is 57.2 Å².